The van der Waals surface area contributed by atoms with Gasteiger partial charge in [0.25, 0.3) is 0 Å². The Morgan fingerprint density at radius 1 is 1.56 bits per heavy atom. The number of benzene rings is 1. The number of halogens is 1. The molecule has 1 fully saturated rings. The molecule has 0 bridgehead atoms. The molecule has 4 heteroatoms. The fraction of sp³-hybridized carbons (Fsp3) is 0.500. The second-order valence-electron chi connectivity index (χ2n) is 4.54. The van der Waals surface area contributed by atoms with E-state index in [0.717, 1.165) is 15.8 Å². The number of hydrogen-bond donors (Lipinski definition) is 2. The first-order valence-corrected chi connectivity index (χ1v) is 6.12. The second-order valence-corrected chi connectivity index (χ2v) is 5.39. The van der Waals surface area contributed by atoms with E-state index in [2.05, 4.69) is 15.9 Å². The molecule has 0 aromatic heterocycles. The highest BCUT2D eigenvalue weighted by Gasteiger charge is 2.40. The Balaban J connectivity index is 2.08. The molecule has 1 aromatic rings. The van der Waals surface area contributed by atoms with Gasteiger partial charge in [-0.2, -0.15) is 0 Å². The van der Waals surface area contributed by atoms with Gasteiger partial charge in [0.1, 0.15) is 5.75 Å². The molecule has 1 aromatic carbocycles. The van der Waals surface area contributed by atoms with Gasteiger partial charge in [0.15, 0.2) is 0 Å². The van der Waals surface area contributed by atoms with E-state index in [1.54, 1.807) is 7.11 Å². The Hall–Kier alpha value is -0.580. The van der Waals surface area contributed by atoms with Crippen molar-refractivity contribution in [3.05, 3.63) is 28.2 Å². The van der Waals surface area contributed by atoms with E-state index in [1.165, 1.54) is 0 Å². The maximum Gasteiger partial charge on any atom is 0.133 e. The van der Waals surface area contributed by atoms with Gasteiger partial charge >= 0.3 is 0 Å². The predicted octanol–water partition coefficient (Wildman–Crippen LogP) is 1.85. The highest BCUT2D eigenvalue weighted by molar-refractivity contribution is 9.10. The van der Waals surface area contributed by atoms with E-state index in [1.807, 2.05) is 18.2 Å². The van der Waals surface area contributed by atoms with Crippen molar-refractivity contribution in [2.45, 2.75) is 30.9 Å². The minimum Gasteiger partial charge on any atom is -0.496 e. The summed E-state index contributed by atoms with van der Waals surface area (Å²) in [6.07, 6.45) is 2.04. The molecule has 16 heavy (non-hydrogen) atoms. The molecule has 1 aliphatic rings. The van der Waals surface area contributed by atoms with Gasteiger partial charge in [0.2, 0.25) is 0 Å². The summed E-state index contributed by atoms with van der Waals surface area (Å²) in [7, 11) is 1.64. The van der Waals surface area contributed by atoms with Gasteiger partial charge in [0.05, 0.1) is 17.2 Å². The molecule has 3 nitrogen and oxygen atoms in total. The first-order valence-electron chi connectivity index (χ1n) is 5.33. The highest BCUT2D eigenvalue weighted by atomic mass is 79.9. The highest BCUT2D eigenvalue weighted by Crippen LogP contribution is 2.35. The van der Waals surface area contributed by atoms with Gasteiger partial charge < -0.3 is 15.6 Å². The Kier molecular flexibility index (Phi) is 3.24. The lowest BCUT2D eigenvalue weighted by Crippen LogP contribution is -2.52. The van der Waals surface area contributed by atoms with Crippen molar-refractivity contribution >= 4 is 15.9 Å². The summed E-state index contributed by atoms with van der Waals surface area (Å²) in [5, 5.41) is 10.1. The summed E-state index contributed by atoms with van der Waals surface area (Å²) in [5.41, 5.74) is 6.19. The van der Waals surface area contributed by atoms with Gasteiger partial charge in [-0.25, -0.2) is 0 Å². The fourth-order valence-corrected chi connectivity index (χ4v) is 2.85. The minimum absolute atomic E-state index is 0.159. The van der Waals surface area contributed by atoms with Crippen LogP contribution >= 0.6 is 15.9 Å². The van der Waals surface area contributed by atoms with Crippen LogP contribution in [0, 0.1) is 0 Å². The maximum absolute atomic E-state index is 10.1. The molecule has 0 saturated heterocycles. The number of methoxy groups -OCH3 is 1. The first-order chi connectivity index (χ1) is 7.52. The normalized spacial score (nSPS) is 28.6. The van der Waals surface area contributed by atoms with Crippen LogP contribution in [0.3, 0.4) is 0 Å². The Labute approximate surface area is 104 Å². The number of ether oxygens (including phenoxy) is 1. The van der Waals surface area contributed by atoms with E-state index in [0.29, 0.717) is 19.3 Å². The third kappa shape index (κ3) is 2.39. The molecule has 3 N–H and O–H groups in total. The molecule has 0 aliphatic heterocycles. The van der Waals surface area contributed by atoms with Crippen LogP contribution in [-0.4, -0.2) is 23.9 Å². The van der Waals surface area contributed by atoms with E-state index < -0.39 is 5.60 Å². The zero-order valence-corrected chi connectivity index (χ0v) is 10.8. The third-order valence-electron chi connectivity index (χ3n) is 3.03. The molecule has 0 atom stereocenters. The molecule has 1 aliphatic carbocycles. The van der Waals surface area contributed by atoms with Crippen LogP contribution in [0.4, 0.5) is 0 Å². The van der Waals surface area contributed by atoms with Crippen LogP contribution in [0.2, 0.25) is 0 Å². The van der Waals surface area contributed by atoms with Crippen molar-refractivity contribution in [1.82, 2.24) is 0 Å². The average Bonchev–Trinajstić information content (AvgIpc) is 2.15. The largest absolute Gasteiger partial charge is 0.496 e. The smallest absolute Gasteiger partial charge is 0.133 e. The molecular weight excluding hydrogens is 270 g/mol. The van der Waals surface area contributed by atoms with Crippen molar-refractivity contribution in [1.29, 1.82) is 0 Å². The summed E-state index contributed by atoms with van der Waals surface area (Å²) < 4.78 is 6.07. The quantitative estimate of drug-likeness (QED) is 0.891. The van der Waals surface area contributed by atoms with Crippen LogP contribution in [0.5, 0.6) is 5.75 Å². The van der Waals surface area contributed by atoms with E-state index in [-0.39, 0.29) is 6.04 Å². The topological polar surface area (TPSA) is 55.5 Å². The van der Waals surface area contributed by atoms with Gasteiger partial charge in [0, 0.05) is 12.5 Å². The fourth-order valence-electron chi connectivity index (χ4n) is 2.26. The van der Waals surface area contributed by atoms with Crippen LogP contribution in [0.25, 0.3) is 0 Å². The SMILES string of the molecule is COc1ccc(CC2(O)CC(N)C2)cc1Br. The lowest BCUT2D eigenvalue weighted by molar-refractivity contribution is -0.0455. The number of hydrogen-bond acceptors (Lipinski definition) is 3. The van der Waals surface area contributed by atoms with Crippen LogP contribution in [0.1, 0.15) is 18.4 Å². The van der Waals surface area contributed by atoms with Gasteiger partial charge in [-0.05, 0) is 46.5 Å². The Bertz CT molecular complexity index is 389. The average molecular weight is 286 g/mol. The van der Waals surface area contributed by atoms with Gasteiger partial charge in [-0.15, -0.1) is 0 Å². The van der Waals surface area contributed by atoms with Crippen molar-refractivity contribution in [3.63, 3.8) is 0 Å². The van der Waals surface area contributed by atoms with Crippen molar-refractivity contribution in [2.75, 3.05) is 7.11 Å². The molecular formula is C12H16BrNO2. The number of aliphatic hydroxyl groups is 1. The number of nitrogens with two attached hydrogens (primary N) is 1. The van der Waals surface area contributed by atoms with E-state index in [9.17, 15) is 5.11 Å². The van der Waals surface area contributed by atoms with E-state index in [4.69, 9.17) is 10.5 Å². The Morgan fingerprint density at radius 2 is 2.25 bits per heavy atom. The molecule has 0 amide bonds. The summed E-state index contributed by atoms with van der Waals surface area (Å²) in [4.78, 5) is 0. The lowest BCUT2D eigenvalue weighted by atomic mass is 9.73. The van der Waals surface area contributed by atoms with Crippen LogP contribution in [0.15, 0.2) is 22.7 Å². The zero-order valence-electron chi connectivity index (χ0n) is 9.24. The second kappa shape index (κ2) is 4.35. The van der Waals surface area contributed by atoms with E-state index >= 15 is 0 Å². The first kappa shape index (κ1) is 11.9. The molecule has 0 heterocycles. The molecule has 0 unspecified atom stereocenters. The third-order valence-corrected chi connectivity index (χ3v) is 3.65. The predicted molar refractivity (Wildman–Crippen MR) is 66.6 cm³/mol. The zero-order chi connectivity index (χ0) is 11.8. The summed E-state index contributed by atoms with van der Waals surface area (Å²) >= 11 is 3.44. The monoisotopic (exact) mass is 285 g/mol. The molecule has 0 radical (unpaired) electrons. The molecule has 0 spiro atoms. The molecule has 2 rings (SSSR count). The maximum atomic E-state index is 10.1. The number of rotatable bonds is 3. The summed E-state index contributed by atoms with van der Waals surface area (Å²) in [5.74, 6) is 0.807. The van der Waals surface area contributed by atoms with Crippen LogP contribution in [-0.2, 0) is 6.42 Å². The lowest BCUT2D eigenvalue weighted by Gasteiger charge is -2.42. The Morgan fingerprint density at radius 3 is 2.75 bits per heavy atom. The van der Waals surface area contributed by atoms with Gasteiger partial charge in [-0.3, -0.25) is 0 Å². The van der Waals surface area contributed by atoms with Crippen LogP contribution < -0.4 is 10.5 Å². The van der Waals surface area contributed by atoms with Gasteiger partial charge in [-0.1, -0.05) is 6.07 Å². The summed E-state index contributed by atoms with van der Waals surface area (Å²) in [6.45, 7) is 0. The van der Waals surface area contributed by atoms with Crippen molar-refractivity contribution in [3.8, 4) is 5.75 Å². The van der Waals surface area contributed by atoms with Crippen molar-refractivity contribution in [2.24, 2.45) is 5.73 Å². The minimum atomic E-state index is -0.604. The molecule has 1 saturated carbocycles. The standard InChI is InChI=1S/C12H16BrNO2/c1-16-11-3-2-8(4-10(11)13)5-12(15)6-9(14)7-12/h2-4,9,15H,5-7,14H2,1H3. The summed E-state index contributed by atoms with van der Waals surface area (Å²) in [6, 6.07) is 6.03. The molecule has 88 valence electrons. The van der Waals surface area contributed by atoms with Crippen molar-refractivity contribution < 1.29 is 9.84 Å².